The Kier molecular flexibility index (Phi) is 2.52. The number of aliphatic hydroxyl groups is 1. The summed E-state index contributed by atoms with van der Waals surface area (Å²) in [5.41, 5.74) is -0.153. The van der Waals surface area contributed by atoms with Crippen LogP contribution in [-0.4, -0.2) is 23.8 Å². The summed E-state index contributed by atoms with van der Waals surface area (Å²) in [5.74, 6) is -0.519. The van der Waals surface area contributed by atoms with Crippen molar-refractivity contribution in [2.24, 2.45) is 0 Å². The van der Waals surface area contributed by atoms with Crippen LogP contribution < -0.4 is 0 Å². The molecule has 12 heavy (non-hydrogen) atoms. The molecule has 0 saturated heterocycles. The maximum atomic E-state index is 11.1. The van der Waals surface area contributed by atoms with Gasteiger partial charge in [-0.05, 0) is 25.7 Å². The lowest BCUT2D eigenvalue weighted by molar-refractivity contribution is -0.164. The molecular formula is C9H14O3. The number of methoxy groups -OCH3 is 1. The fraction of sp³-hybridized carbons (Fsp3) is 0.667. The van der Waals surface area contributed by atoms with Crippen molar-refractivity contribution in [3.8, 4) is 0 Å². The molecule has 0 unspecified atom stereocenters. The Bertz CT molecular complexity index is 198. The van der Waals surface area contributed by atoms with Gasteiger partial charge in [0.2, 0.25) is 0 Å². The Morgan fingerprint density at radius 1 is 1.58 bits per heavy atom. The van der Waals surface area contributed by atoms with E-state index in [-0.39, 0.29) is 0 Å². The Hall–Kier alpha value is -0.830. The van der Waals surface area contributed by atoms with Gasteiger partial charge in [0, 0.05) is 0 Å². The molecule has 0 bridgehead atoms. The molecule has 0 aromatic carbocycles. The first kappa shape index (κ1) is 9.26. The second-order valence-electron chi connectivity index (χ2n) is 3.27. The quantitative estimate of drug-likeness (QED) is 0.472. The number of rotatable bonds is 1. The second-order valence-corrected chi connectivity index (χ2v) is 3.27. The minimum absolute atomic E-state index is 0.443. The summed E-state index contributed by atoms with van der Waals surface area (Å²) in [5, 5.41) is 9.74. The summed E-state index contributed by atoms with van der Waals surface area (Å²) in [4.78, 5) is 11.1. The summed E-state index contributed by atoms with van der Waals surface area (Å²) < 4.78 is 4.51. The van der Waals surface area contributed by atoms with Crippen LogP contribution in [-0.2, 0) is 9.53 Å². The summed E-state index contributed by atoms with van der Waals surface area (Å²) in [6.45, 7) is 3.80. The lowest BCUT2D eigenvalue weighted by Crippen LogP contribution is -2.41. The van der Waals surface area contributed by atoms with Gasteiger partial charge in [-0.15, -0.1) is 0 Å². The van der Waals surface area contributed by atoms with Crippen LogP contribution in [0.2, 0.25) is 0 Å². The van der Waals surface area contributed by atoms with Crippen molar-refractivity contribution in [1.29, 1.82) is 0 Å². The summed E-state index contributed by atoms with van der Waals surface area (Å²) >= 11 is 0. The molecule has 1 aliphatic rings. The van der Waals surface area contributed by atoms with Crippen LogP contribution in [0.3, 0.4) is 0 Å². The van der Waals surface area contributed by atoms with Gasteiger partial charge in [-0.3, -0.25) is 0 Å². The lowest BCUT2D eigenvalue weighted by Gasteiger charge is -2.29. The van der Waals surface area contributed by atoms with Crippen molar-refractivity contribution < 1.29 is 14.6 Å². The Balaban J connectivity index is 2.61. The van der Waals surface area contributed by atoms with Gasteiger partial charge in [0.25, 0.3) is 0 Å². The molecule has 1 fully saturated rings. The predicted molar refractivity (Wildman–Crippen MR) is 44.6 cm³/mol. The number of hydrogen-bond acceptors (Lipinski definition) is 3. The third kappa shape index (κ3) is 1.67. The SMILES string of the molecule is C=C1CCC(O)(C(=O)OC)CC1. The number of esters is 1. The van der Waals surface area contributed by atoms with Crippen molar-refractivity contribution >= 4 is 5.97 Å². The number of carbonyl (C=O) groups is 1. The highest BCUT2D eigenvalue weighted by Gasteiger charge is 2.38. The van der Waals surface area contributed by atoms with Gasteiger partial charge in [-0.25, -0.2) is 4.79 Å². The van der Waals surface area contributed by atoms with Gasteiger partial charge in [-0.1, -0.05) is 12.2 Å². The van der Waals surface area contributed by atoms with E-state index in [0.29, 0.717) is 25.7 Å². The van der Waals surface area contributed by atoms with Crippen LogP contribution in [0.5, 0.6) is 0 Å². The first-order valence-corrected chi connectivity index (χ1v) is 4.06. The zero-order chi connectivity index (χ0) is 9.19. The van der Waals surface area contributed by atoms with Crippen LogP contribution in [0.25, 0.3) is 0 Å². The van der Waals surface area contributed by atoms with Crippen LogP contribution in [0, 0.1) is 0 Å². The van der Waals surface area contributed by atoms with E-state index in [2.05, 4.69) is 11.3 Å². The molecule has 0 atom stereocenters. The van der Waals surface area contributed by atoms with Gasteiger partial charge < -0.3 is 9.84 Å². The van der Waals surface area contributed by atoms with E-state index >= 15 is 0 Å². The molecule has 68 valence electrons. The zero-order valence-corrected chi connectivity index (χ0v) is 7.30. The van der Waals surface area contributed by atoms with Gasteiger partial charge in [0.1, 0.15) is 0 Å². The number of hydrogen-bond donors (Lipinski definition) is 1. The van der Waals surface area contributed by atoms with E-state index in [1.54, 1.807) is 0 Å². The molecule has 1 N–H and O–H groups in total. The van der Waals surface area contributed by atoms with Crippen LogP contribution in [0.15, 0.2) is 12.2 Å². The average molecular weight is 170 g/mol. The molecule has 1 aliphatic carbocycles. The molecule has 0 heterocycles. The van der Waals surface area contributed by atoms with E-state index in [9.17, 15) is 9.90 Å². The third-order valence-corrected chi connectivity index (χ3v) is 2.35. The summed E-state index contributed by atoms with van der Waals surface area (Å²) in [6, 6.07) is 0. The van der Waals surface area contributed by atoms with Crippen molar-refractivity contribution in [1.82, 2.24) is 0 Å². The molecular weight excluding hydrogens is 156 g/mol. The number of ether oxygens (including phenoxy) is 1. The van der Waals surface area contributed by atoms with Crippen molar-refractivity contribution in [2.75, 3.05) is 7.11 Å². The largest absolute Gasteiger partial charge is 0.467 e. The maximum absolute atomic E-state index is 11.1. The van der Waals surface area contributed by atoms with Gasteiger partial charge in [0.15, 0.2) is 5.60 Å². The number of allylic oxidation sites excluding steroid dienone is 1. The molecule has 1 rings (SSSR count). The average Bonchev–Trinajstić information content (AvgIpc) is 2.09. The van der Waals surface area contributed by atoms with E-state index in [1.807, 2.05) is 0 Å². The summed E-state index contributed by atoms with van der Waals surface area (Å²) in [6.07, 6.45) is 2.31. The van der Waals surface area contributed by atoms with E-state index in [0.717, 1.165) is 5.57 Å². The zero-order valence-electron chi connectivity index (χ0n) is 7.30. The van der Waals surface area contributed by atoms with Crippen LogP contribution >= 0.6 is 0 Å². The fourth-order valence-electron chi connectivity index (χ4n) is 1.41. The first-order chi connectivity index (χ1) is 5.58. The number of carbonyl (C=O) groups excluding carboxylic acids is 1. The molecule has 0 aromatic heterocycles. The Labute approximate surface area is 72.0 Å². The smallest absolute Gasteiger partial charge is 0.337 e. The molecule has 3 heteroatoms. The minimum Gasteiger partial charge on any atom is -0.467 e. The monoisotopic (exact) mass is 170 g/mol. The molecule has 3 nitrogen and oxygen atoms in total. The third-order valence-electron chi connectivity index (χ3n) is 2.35. The highest BCUT2D eigenvalue weighted by molar-refractivity contribution is 5.79. The topological polar surface area (TPSA) is 46.5 Å². The van der Waals surface area contributed by atoms with Crippen LogP contribution in [0.1, 0.15) is 25.7 Å². The van der Waals surface area contributed by atoms with Crippen molar-refractivity contribution in [2.45, 2.75) is 31.3 Å². The highest BCUT2D eigenvalue weighted by Crippen LogP contribution is 2.31. The van der Waals surface area contributed by atoms with Crippen molar-refractivity contribution in [3.05, 3.63) is 12.2 Å². The van der Waals surface area contributed by atoms with Gasteiger partial charge >= 0.3 is 5.97 Å². The lowest BCUT2D eigenvalue weighted by atomic mass is 9.83. The van der Waals surface area contributed by atoms with E-state index in [4.69, 9.17) is 0 Å². The first-order valence-electron chi connectivity index (χ1n) is 4.06. The molecule has 0 aromatic rings. The molecule has 0 amide bonds. The predicted octanol–water partition coefficient (Wildman–Crippen LogP) is 1.02. The Morgan fingerprint density at radius 3 is 2.50 bits per heavy atom. The van der Waals surface area contributed by atoms with Gasteiger partial charge in [-0.2, -0.15) is 0 Å². The minimum atomic E-state index is -1.25. The molecule has 0 spiro atoms. The molecule has 0 radical (unpaired) electrons. The second kappa shape index (κ2) is 3.27. The Morgan fingerprint density at radius 2 is 2.08 bits per heavy atom. The summed E-state index contributed by atoms with van der Waals surface area (Å²) in [7, 11) is 1.30. The normalized spacial score (nSPS) is 22.0. The highest BCUT2D eigenvalue weighted by atomic mass is 16.5. The van der Waals surface area contributed by atoms with Crippen molar-refractivity contribution in [3.63, 3.8) is 0 Å². The fourth-order valence-corrected chi connectivity index (χ4v) is 1.41. The van der Waals surface area contributed by atoms with E-state index in [1.165, 1.54) is 7.11 Å². The van der Waals surface area contributed by atoms with E-state index < -0.39 is 11.6 Å². The standard InChI is InChI=1S/C9H14O3/c1-7-3-5-9(11,6-4-7)8(10)12-2/h11H,1,3-6H2,2H3. The molecule has 1 saturated carbocycles. The van der Waals surface area contributed by atoms with Gasteiger partial charge in [0.05, 0.1) is 7.11 Å². The van der Waals surface area contributed by atoms with Crippen LogP contribution in [0.4, 0.5) is 0 Å². The maximum Gasteiger partial charge on any atom is 0.337 e. The molecule has 0 aliphatic heterocycles.